The van der Waals surface area contributed by atoms with Crippen molar-refractivity contribution in [1.82, 2.24) is 9.80 Å². The molecule has 0 amide bonds. The summed E-state index contributed by atoms with van der Waals surface area (Å²) in [6.07, 6.45) is 0. The molecule has 0 unspecified atom stereocenters. The molecule has 0 saturated carbocycles. The molecule has 0 bridgehead atoms. The van der Waals surface area contributed by atoms with E-state index in [1.807, 2.05) is 31.2 Å². The Bertz CT molecular complexity index is 800. The van der Waals surface area contributed by atoms with Crippen LogP contribution in [0.2, 0.25) is 0 Å². The van der Waals surface area contributed by atoms with Gasteiger partial charge in [-0.2, -0.15) is 8.42 Å². The van der Waals surface area contributed by atoms with Crippen LogP contribution < -0.4 is 0 Å². The van der Waals surface area contributed by atoms with Crippen LogP contribution in [-0.2, 0) is 10.0 Å². The van der Waals surface area contributed by atoms with Crippen LogP contribution in [0.25, 0.3) is 4.91 Å². The molecule has 0 N–H and O–H groups in total. The Morgan fingerprint density at radius 3 is 2.20 bits per heavy atom. The van der Waals surface area contributed by atoms with Gasteiger partial charge in [0.25, 0.3) is 10.0 Å². The van der Waals surface area contributed by atoms with Crippen LogP contribution >= 0.6 is 0 Å². The van der Waals surface area contributed by atoms with Crippen LogP contribution in [0.3, 0.4) is 0 Å². The zero-order valence-corrected chi connectivity index (χ0v) is 16.3. The molecule has 0 atom stereocenters. The highest BCUT2D eigenvalue weighted by Gasteiger charge is 2.34. The number of hydrogen-bond donors (Lipinski definition) is 0. The number of piperazine rings is 1. The summed E-state index contributed by atoms with van der Waals surface area (Å²) in [7, 11) is -3.63. The lowest BCUT2D eigenvalue weighted by molar-refractivity contribution is 0.190. The number of sulfonamides is 1. The van der Waals surface area contributed by atoms with Crippen LogP contribution in [0, 0.1) is 0 Å². The average molecular weight is 362 g/mol. The fourth-order valence-corrected chi connectivity index (χ4v) is 4.96. The summed E-state index contributed by atoms with van der Waals surface area (Å²) in [6.45, 7) is 12.8. The van der Waals surface area contributed by atoms with Crippen molar-refractivity contribution in [1.29, 1.82) is 0 Å². The van der Waals surface area contributed by atoms with Crippen molar-refractivity contribution in [3.63, 3.8) is 0 Å². The number of nitrogens with zero attached hydrogens (tertiary/aromatic N) is 3. The number of amidine groups is 1. The molecule has 5 nitrogen and oxygen atoms in total. The van der Waals surface area contributed by atoms with Gasteiger partial charge in [0, 0.05) is 31.8 Å². The van der Waals surface area contributed by atoms with Crippen LogP contribution in [0.5, 0.6) is 0 Å². The topological polar surface area (TPSA) is 53.0 Å². The van der Waals surface area contributed by atoms with Gasteiger partial charge in [-0.25, -0.2) is 0 Å². The van der Waals surface area contributed by atoms with Gasteiger partial charge in [-0.1, -0.05) is 45.0 Å². The molecule has 0 aromatic heterocycles. The van der Waals surface area contributed by atoms with Gasteiger partial charge in [0.15, 0.2) is 0 Å². The van der Waals surface area contributed by atoms with Crippen LogP contribution in [0.1, 0.15) is 44.7 Å². The fourth-order valence-electron chi connectivity index (χ4n) is 3.48. The largest absolute Gasteiger partial charge is 0.353 e. The number of hydrogen-bond acceptors (Lipinski definition) is 4. The van der Waals surface area contributed by atoms with Crippen molar-refractivity contribution < 1.29 is 8.42 Å². The Hall–Kier alpha value is -1.66. The minimum absolute atomic E-state index is 0.357. The first-order valence-corrected chi connectivity index (χ1v) is 10.4. The minimum atomic E-state index is -3.63. The van der Waals surface area contributed by atoms with E-state index >= 15 is 0 Å². The van der Waals surface area contributed by atoms with Gasteiger partial charge in [-0.15, -0.1) is 4.40 Å². The Morgan fingerprint density at radius 2 is 1.68 bits per heavy atom. The highest BCUT2D eigenvalue weighted by atomic mass is 32.2. The molecule has 0 radical (unpaired) electrons. The van der Waals surface area contributed by atoms with Crippen molar-refractivity contribution in [2.45, 2.75) is 33.6 Å². The fraction of sp³-hybridized carbons (Fsp3) is 0.526. The maximum atomic E-state index is 12.7. The molecule has 1 saturated heterocycles. The lowest BCUT2D eigenvalue weighted by Gasteiger charge is -2.35. The molecule has 2 aliphatic rings. The van der Waals surface area contributed by atoms with E-state index in [-0.39, 0.29) is 0 Å². The van der Waals surface area contributed by atoms with E-state index in [1.54, 1.807) is 0 Å². The monoisotopic (exact) mass is 361 g/mol. The molecule has 0 spiro atoms. The van der Waals surface area contributed by atoms with E-state index in [0.717, 1.165) is 43.9 Å². The zero-order chi connectivity index (χ0) is 18.2. The van der Waals surface area contributed by atoms with Gasteiger partial charge in [0.1, 0.15) is 10.7 Å². The van der Waals surface area contributed by atoms with E-state index < -0.39 is 10.0 Å². The summed E-state index contributed by atoms with van der Waals surface area (Å²) in [5.74, 6) is 1.05. The molecule has 1 aromatic rings. The molecule has 0 aliphatic carbocycles. The Kier molecular flexibility index (Phi) is 5.02. The maximum absolute atomic E-state index is 12.7. The van der Waals surface area contributed by atoms with Crippen molar-refractivity contribution >= 4 is 20.8 Å². The van der Waals surface area contributed by atoms with Gasteiger partial charge in [-0.05, 0) is 30.5 Å². The van der Waals surface area contributed by atoms with Crippen LogP contribution in [-0.4, -0.2) is 56.8 Å². The number of likely N-dealkylation sites (N-methyl/N-ethyl adjacent to an activating group) is 1. The zero-order valence-electron chi connectivity index (χ0n) is 15.5. The van der Waals surface area contributed by atoms with E-state index in [0.29, 0.717) is 16.7 Å². The molecule has 136 valence electrons. The second kappa shape index (κ2) is 6.92. The third-order valence-corrected chi connectivity index (χ3v) is 6.57. The predicted octanol–water partition coefficient (Wildman–Crippen LogP) is 2.92. The summed E-state index contributed by atoms with van der Waals surface area (Å²) >= 11 is 0. The first-order valence-electron chi connectivity index (χ1n) is 8.97. The first-order chi connectivity index (χ1) is 11.8. The predicted molar refractivity (Wildman–Crippen MR) is 103 cm³/mol. The molecule has 6 heteroatoms. The van der Waals surface area contributed by atoms with E-state index in [1.165, 1.54) is 5.56 Å². The standard InChI is InChI=1S/C19H27N3O2S/c1-5-21-10-12-22(13-11-21)19-15(4)18(25(23,24)20-19)17-8-6-16(7-9-17)14(2)3/h6-9,14H,5,10-13H2,1-4H3. The van der Waals surface area contributed by atoms with Crippen molar-refractivity contribution in [2.24, 2.45) is 4.40 Å². The van der Waals surface area contributed by atoms with Gasteiger partial charge >= 0.3 is 0 Å². The molecule has 2 heterocycles. The molecule has 25 heavy (non-hydrogen) atoms. The van der Waals surface area contributed by atoms with Crippen molar-refractivity contribution in [3.8, 4) is 0 Å². The van der Waals surface area contributed by atoms with Crippen LogP contribution in [0.15, 0.2) is 34.2 Å². The molecule has 3 rings (SSSR count). The minimum Gasteiger partial charge on any atom is -0.353 e. The third kappa shape index (κ3) is 3.51. The maximum Gasteiger partial charge on any atom is 0.285 e. The normalized spacial score (nSPS) is 21.2. The van der Waals surface area contributed by atoms with E-state index in [4.69, 9.17) is 0 Å². The first kappa shape index (κ1) is 18.1. The highest BCUT2D eigenvalue weighted by molar-refractivity contribution is 8.00. The molecular formula is C19H27N3O2S. The van der Waals surface area contributed by atoms with Crippen molar-refractivity contribution in [3.05, 3.63) is 41.0 Å². The van der Waals surface area contributed by atoms with Crippen molar-refractivity contribution in [2.75, 3.05) is 32.7 Å². The van der Waals surface area contributed by atoms with E-state index in [2.05, 4.69) is 35.0 Å². The third-order valence-electron chi connectivity index (χ3n) is 5.10. The average Bonchev–Trinajstić information content (AvgIpc) is 2.84. The van der Waals surface area contributed by atoms with E-state index in [9.17, 15) is 8.42 Å². The highest BCUT2D eigenvalue weighted by Crippen LogP contribution is 2.34. The van der Waals surface area contributed by atoms with Gasteiger partial charge in [0.2, 0.25) is 0 Å². The smallest absolute Gasteiger partial charge is 0.285 e. The lowest BCUT2D eigenvalue weighted by Crippen LogP contribution is -2.48. The summed E-state index contributed by atoms with van der Waals surface area (Å²) in [4.78, 5) is 4.83. The summed E-state index contributed by atoms with van der Waals surface area (Å²) in [5, 5.41) is 0. The van der Waals surface area contributed by atoms with Crippen LogP contribution in [0.4, 0.5) is 0 Å². The summed E-state index contributed by atoms with van der Waals surface area (Å²) in [6, 6.07) is 7.82. The Balaban J connectivity index is 1.91. The lowest BCUT2D eigenvalue weighted by atomic mass is 10.0. The second-order valence-electron chi connectivity index (χ2n) is 7.04. The number of benzene rings is 1. The summed E-state index contributed by atoms with van der Waals surface area (Å²) < 4.78 is 29.5. The SMILES string of the molecule is CCN1CCN(C2=NS(=O)(=O)C(c3ccc(C(C)C)cc3)=C2C)CC1. The van der Waals surface area contributed by atoms with Gasteiger partial charge in [0.05, 0.1) is 0 Å². The second-order valence-corrected chi connectivity index (χ2v) is 8.58. The summed E-state index contributed by atoms with van der Waals surface area (Å²) in [5.41, 5.74) is 2.70. The molecule has 2 aliphatic heterocycles. The Labute approximate surface area is 151 Å². The quantitative estimate of drug-likeness (QED) is 0.831. The Morgan fingerprint density at radius 1 is 1.08 bits per heavy atom. The van der Waals surface area contributed by atoms with Gasteiger partial charge < -0.3 is 9.80 Å². The molecule has 1 aromatic carbocycles. The molecule has 1 fully saturated rings. The molecular weight excluding hydrogens is 334 g/mol. The van der Waals surface area contributed by atoms with Gasteiger partial charge in [-0.3, -0.25) is 0 Å². The number of rotatable bonds is 3.